The molecule has 0 aliphatic rings. The molecule has 0 heterocycles. The van der Waals surface area contributed by atoms with Crippen molar-refractivity contribution in [1.82, 2.24) is 0 Å². The average molecular weight is 420 g/mol. The largest absolute Gasteiger partial charge is 0.497 e. The van der Waals surface area contributed by atoms with E-state index in [-0.39, 0.29) is 19.5 Å². The minimum absolute atomic E-state index is 0.139. The number of methoxy groups -OCH3 is 3. The Balaban J connectivity index is 2.67. The van der Waals surface area contributed by atoms with Crippen LogP contribution in [0.15, 0.2) is 30.3 Å². The second-order valence-electron chi connectivity index (χ2n) is 7.22. The number of unbranched alkanes of at least 4 members (excludes halogenated alkanes) is 1. The summed E-state index contributed by atoms with van der Waals surface area (Å²) in [6.07, 6.45) is 2.92. The van der Waals surface area contributed by atoms with Gasteiger partial charge in [0.1, 0.15) is 11.6 Å². The van der Waals surface area contributed by atoms with E-state index in [1.807, 2.05) is 6.07 Å². The van der Waals surface area contributed by atoms with Crippen LogP contribution in [0.2, 0.25) is 0 Å². The van der Waals surface area contributed by atoms with Gasteiger partial charge in [0.25, 0.3) is 0 Å². The Morgan fingerprint density at radius 2 is 1.83 bits per heavy atom. The van der Waals surface area contributed by atoms with Crippen LogP contribution in [0.1, 0.15) is 56.0 Å². The van der Waals surface area contributed by atoms with Gasteiger partial charge in [-0.1, -0.05) is 41.3 Å². The summed E-state index contributed by atoms with van der Waals surface area (Å²) in [5.74, 6) is 1.39. The lowest BCUT2D eigenvalue weighted by Crippen LogP contribution is -2.23. The summed E-state index contributed by atoms with van der Waals surface area (Å²) >= 11 is 0. The molecule has 0 radical (unpaired) electrons. The lowest BCUT2D eigenvalue weighted by molar-refractivity contribution is 0.101. The number of hydrogen-bond donors (Lipinski definition) is 0. The maximum atomic E-state index is 13.8. The number of halogens is 1. The Bertz CT molecular complexity index is 868. The summed E-state index contributed by atoms with van der Waals surface area (Å²) in [5, 5.41) is 0.506. The summed E-state index contributed by atoms with van der Waals surface area (Å²) in [6, 6.07) is 8.23. The molecule has 2 aromatic rings. The first kappa shape index (κ1) is 23.2. The molecule has 2 aromatic carbocycles. The summed E-state index contributed by atoms with van der Waals surface area (Å²) in [5.41, 5.74) is 1.39. The molecule has 0 aromatic heterocycles. The molecule has 4 nitrogen and oxygen atoms in total. The van der Waals surface area contributed by atoms with Gasteiger partial charge in [-0.3, -0.25) is 4.79 Å². The molecule has 29 heavy (non-hydrogen) atoms. The number of Topliss-reactive ketones (excluding diaryl/α,β-unsaturated/α-hetero) is 1. The number of benzene rings is 2. The summed E-state index contributed by atoms with van der Waals surface area (Å²) in [6.45, 7) is 5.78. The first-order chi connectivity index (χ1) is 13.8. The molecule has 0 bridgehead atoms. The van der Waals surface area contributed by atoms with E-state index in [0.29, 0.717) is 22.8 Å². The van der Waals surface area contributed by atoms with Crippen molar-refractivity contribution in [3.63, 3.8) is 0 Å². The van der Waals surface area contributed by atoms with E-state index >= 15 is 0 Å². The summed E-state index contributed by atoms with van der Waals surface area (Å²) in [4.78, 5) is 12.2. The minimum atomic E-state index is -0.403. The highest BCUT2D eigenvalue weighted by Gasteiger charge is 2.33. The van der Waals surface area contributed by atoms with Crippen molar-refractivity contribution < 1.29 is 23.4 Å². The van der Waals surface area contributed by atoms with E-state index in [2.05, 4.69) is 13.8 Å². The van der Waals surface area contributed by atoms with Crippen LogP contribution in [0, 0.1) is 5.82 Å². The molecule has 0 N–H and O–H groups in total. The molecular formula is C23H30FO4P. The first-order valence-electron chi connectivity index (χ1n) is 9.68. The number of carbonyl (C=O) groups excluding carboxylic acids is 1. The van der Waals surface area contributed by atoms with Crippen LogP contribution in [0.25, 0.3) is 0 Å². The van der Waals surface area contributed by atoms with Crippen molar-refractivity contribution in [2.24, 2.45) is 0 Å². The van der Waals surface area contributed by atoms with Crippen molar-refractivity contribution in [2.45, 2.75) is 45.2 Å². The van der Waals surface area contributed by atoms with Gasteiger partial charge in [-0.25, -0.2) is 4.39 Å². The quantitative estimate of drug-likeness (QED) is 0.378. The number of rotatable bonds is 10. The highest BCUT2D eigenvalue weighted by atomic mass is 31.1. The van der Waals surface area contributed by atoms with Crippen LogP contribution in [-0.2, 0) is 5.16 Å². The lowest BCUT2D eigenvalue weighted by Gasteiger charge is -2.33. The van der Waals surface area contributed by atoms with E-state index in [0.717, 1.165) is 30.1 Å². The van der Waals surface area contributed by atoms with Crippen LogP contribution in [0.4, 0.5) is 4.39 Å². The summed E-state index contributed by atoms with van der Waals surface area (Å²) < 4.78 is 30.5. The van der Waals surface area contributed by atoms with Crippen LogP contribution >= 0.6 is 8.58 Å². The highest BCUT2D eigenvalue weighted by Crippen LogP contribution is 2.52. The average Bonchev–Trinajstić information content (AvgIpc) is 2.72. The second-order valence-corrected chi connectivity index (χ2v) is 9.11. The van der Waals surface area contributed by atoms with E-state index in [1.54, 1.807) is 33.5 Å². The van der Waals surface area contributed by atoms with Gasteiger partial charge in [0.05, 0.1) is 21.3 Å². The lowest BCUT2D eigenvalue weighted by atomic mass is 9.92. The molecule has 0 aliphatic heterocycles. The fourth-order valence-corrected chi connectivity index (χ4v) is 5.24. The van der Waals surface area contributed by atoms with E-state index < -0.39 is 5.82 Å². The highest BCUT2D eigenvalue weighted by molar-refractivity contribution is 7.48. The molecule has 0 saturated carbocycles. The number of hydrogen-bond acceptors (Lipinski definition) is 4. The van der Waals surface area contributed by atoms with Crippen molar-refractivity contribution in [1.29, 1.82) is 0 Å². The molecule has 0 aliphatic carbocycles. The standard InChI is InChI=1S/C23H30FO4P/c1-7-8-11-23(3,29-21-10-9-16(24)12-18(21)15(2)25)19-13-17(26-4)14-20(27-5)22(19)28-6/h9-10,12-14,29H,7-8,11H2,1-6H3. The molecular weight excluding hydrogens is 390 g/mol. The van der Waals surface area contributed by atoms with Crippen molar-refractivity contribution in [3.05, 3.63) is 47.3 Å². The zero-order chi connectivity index (χ0) is 21.6. The normalized spacial score (nSPS) is 13.3. The molecule has 0 amide bonds. The maximum Gasteiger partial charge on any atom is 0.165 e. The molecule has 2 unspecified atom stereocenters. The van der Waals surface area contributed by atoms with Gasteiger partial charge in [0.2, 0.25) is 0 Å². The Hall–Kier alpha value is -2.13. The fourth-order valence-electron chi connectivity index (χ4n) is 3.48. The van der Waals surface area contributed by atoms with Gasteiger partial charge in [-0.15, -0.1) is 0 Å². The topological polar surface area (TPSA) is 44.8 Å². The van der Waals surface area contributed by atoms with Crippen LogP contribution in [0.5, 0.6) is 17.2 Å². The molecule has 0 saturated heterocycles. The monoisotopic (exact) mass is 420 g/mol. The first-order valence-corrected chi connectivity index (χ1v) is 10.7. The van der Waals surface area contributed by atoms with Crippen LogP contribution < -0.4 is 19.5 Å². The Morgan fingerprint density at radius 1 is 1.10 bits per heavy atom. The van der Waals surface area contributed by atoms with Gasteiger partial charge in [0.15, 0.2) is 17.3 Å². The van der Waals surface area contributed by atoms with Gasteiger partial charge < -0.3 is 14.2 Å². The van der Waals surface area contributed by atoms with E-state index in [9.17, 15) is 9.18 Å². The third kappa shape index (κ3) is 5.27. The Kier molecular flexibility index (Phi) is 8.04. The minimum Gasteiger partial charge on any atom is -0.497 e. The molecule has 2 atom stereocenters. The molecule has 2 rings (SSSR count). The number of ketones is 1. The van der Waals surface area contributed by atoms with Gasteiger partial charge >= 0.3 is 0 Å². The van der Waals surface area contributed by atoms with Gasteiger partial charge in [-0.2, -0.15) is 0 Å². The third-order valence-electron chi connectivity index (χ3n) is 5.08. The smallest absolute Gasteiger partial charge is 0.165 e. The van der Waals surface area contributed by atoms with Gasteiger partial charge in [-0.05, 0) is 36.8 Å². The van der Waals surface area contributed by atoms with Crippen molar-refractivity contribution in [2.75, 3.05) is 21.3 Å². The predicted octanol–water partition coefficient (Wildman–Crippen LogP) is 5.46. The summed E-state index contributed by atoms with van der Waals surface area (Å²) in [7, 11) is 5.07. The zero-order valence-electron chi connectivity index (χ0n) is 18.0. The maximum absolute atomic E-state index is 13.8. The number of ether oxygens (including phenoxy) is 3. The number of carbonyl (C=O) groups is 1. The van der Waals surface area contributed by atoms with Crippen molar-refractivity contribution in [3.8, 4) is 17.2 Å². The molecule has 158 valence electrons. The SMILES string of the molecule is CCCCC(C)(Pc1ccc(F)cc1C(C)=O)c1cc(OC)cc(OC)c1OC. The predicted molar refractivity (Wildman–Crippen MR) is 117 cm³/mol. The third-order valence-corrected chi connectivity index (χ3v) is 6.86. The van der Waals surface area contributed by atoms with Crippen LogP contribution in [-0.4, -0.2) is 27.1 Å². The van der Waals surface area contributed by atoms with Crippen molar-refractivity contribution >= 4 is 19.7 Å². The molecule has 0 fully saturated rings. The van der Waals surface area contributed by atoms with Gasteiger partial charge in [0, 0.05) is 22.3 Å². The Labute approximate surface area is 174 Å². The zero-order valence-corrected chi connectivity index (χ0v) is 19.0. The Morgan fingerprint density at radius 3 is 2.38 bits per heavy atom. The fraction of sp³-hybridized carbons (Fsp3) is 0.435. The van der Waals surface area contributed by atoms with Crippen LogP contribution in [0.3, 0.4) is 0 Å². The second kappa shape index (κ2) is 10.1. The van der Waals surface area contributed by atoms with E-state index in [1.165, 1.54) is 19.1 Å². The molecule has 6 heteroatoms. The molecule has 0 spiro atoms. The van der Waals surface area contributed by atoms with E-state index in [4.69, 9.17) is 14.2 Å².